The third-order valence-electron chi connectivity index (χ3n) is 15.4. The van der Waals surface area contributed by atoms with Crippen molar-refractivity contribution in [2.75, 3.05) is 39.3 Å². The topological polar surface area (TPSA) is 113 Å². The molecule has 4 amide bonds. The van der Waals surface area contributed by atoms with E-state index in [1.165, 1.54) is 43.9 Å². The van der Waals surface area contributed by atoms with Gasteiger partial charge in [-0.3, -0.25) is 24.1 Å². The van der Waals surface area contributed by atoms with Gasteiger partial charge in [-0.05, 0) is 141 Å². The van der Waals surface area contributed by atoms with Crippen molar-refractivity contribution >= 4 is 34.4 Å². The molecule has 4 bridgehead atoms. The summed E-state index contributed by atoms with van der Waals surface area (Å²) in [5.41, 5.74) is 2.45. The smallest absolute Gasteiger partial charge is 0.312 e. The highest BCUT2D eigenvalue weighted by Gasteiger charge is 2.51. The van der Waals surface area contributed by atoms with Crippen LogP contribution in [0.5, 0.6) is 5.75 Å². The summed E-state index contributed by atoms with van der Waals surface area (Å²) in [5.74, 6) is 0.943. The van der Waals surface area contributed by atoms with Crippen molar-refractivity contribution in [2.24, 2.45) is 23.2 Å². The molecule has 0 radical (unpaired) electrons. The van der Waals surface area contributed by atoms with Crippen LogP contribution in [0.25, 0.3) is 10.8 Å². The average Bonchev–Trinajstić information content (AvgIpc) is 3.66. The maximum atomic E-state index is 14.5. The summed E-state index contributed by atoms with van der Waals surface area (Å²) in [5, 5.41) is 15.3. The van der Waals surface area contributed by atoms with Crippen LogP contribution in [0.3, 0.4) is 0 Å². The van der Waals surface area contributed by atoms with Crippen molar-refractivity contribution in [1.82, 2.24) is 24.9 Å². The third kappa shape index (κ3) is 8.48. The molecule has 0 spiro atoms. The summed E-state index contributed by atoms with van der Waals surface area (Å²) >= 11 is 0. The van der Waals surface area contributed by atoms with Crippen LogP contribution in [0.15, 0.2) is 66.7 Å². The second kappa shape index (κ2) is 16.9. The molecule has 3 heterocycles. The Morgan fingerprint density at radius 3 is 2.24 bits per heavy atom. The maximum absolute atomic E-state index is 14.5. The molecule has 59 heavy (non-hydrogen) atoms. The molecular weight excluding hydrogens is 739 g/mol. The lowest BCUT2D eigenvalue weighted by molar-refractivity contribution is -0.162. The van der Waals surface area contributed by atoms with E-state index in [1.54, 1.807) is 17.0 Å². The molecule has 4 aliphatic carbocycles. The van der Waals surface area contributed by atoms with E-state index in [9.17, 15) is 24.3 Å². The van der Waals surface area contributed by atoms with E-state index in [4.69, 9.17) is 0 Å². The molecule has 7 fully saturated rings. The molecule has 4 atom stereocenters. The van der Waals surface area contributed by atoms with E-state index >= 15 is 0 Å². The van der Waals surface area contributed by atoms with Gasteiger partial charge in [-0.1, -0.05) is 74.4 Å². The molecule has 10 heteroatoms. The van der Waals surface area contributed by atoms with E-state index in [0.29, 0.717) is 51.0 Å². The van der Waals surface area contributed by atoms with E-state index in [0.717, 1.165) is 79.3 Å². The number of hydrogen-bond donors (Lipinski definition) is 2. The first kappa shape index (κ1) is 40.0. The van der Waals surface area contributed by atoms with E-state index in [1.807, 2.05) is 34.1 Å². The van der Waals surface area contributed by atoms with Gasteiger partial charge in [0.15, 0.2) is 0 Å². The molecule has 3 aromatic carbocycles. The van der Waals surface area contributed by atoms with E-state index < -0.39 is 17.7 Å². The Bertz CT molecular complexity index is 2000. The number of carbonyl (C=O) groups is 4. The number of likely N-dealkylation sites (tertiary alicyclic amines) is 1. The van der Waals surface area contributed by atoms with Crippen LogP contribution in [-0.2, 0) is 32.0 Å². The number of piperazine rings is 2. The Morgan fingerprint density at radius 2 is 1.51 bits per heavy atom. The molecular formula is C49H63N5O5. The normalized spacial score (nSPS) is 30.2. The predicted octanol–water partition coefficient (Wildman–Crippen LogP) is 6.33. The second-order valence-corrected chi connectivity index (χ2v) is 19.4. The lowest BCUT2D eigenvalue weighted by Crippen LogP contribution is -2.64. The number of phenolic OH excluding ortho intramolecular Hbond substituents is 1. The number of amides is 4. The van der Waals surface area contributed by atoms with Gasteiger partial charge in [0, 0.05) is 50.8 Å². The number of unbranched alkanes of at least 4 members (excludes halogenated alkanes) is 1. The Balaban J connectivity index is 0.933. The minimum Gasteiger partial charge on any atom is -0.508 e. The summed E-state index contributed by atoms with van der Waals surface area (Å²) in [7, 11) is 0. The fourth-order valence-corrected chi connectivity index (χ4v) is 12.8. The fourth-order valence-electron chi connectivity index (χ4n) is 12.8. The number of phenols is 1. The maximum Gasteiger partial charge on any atom is 0.312 e. The predicted molar refractivity (Wildman–Crippen MR) is 228 cm³/mol. The number of benzene rings is 3. The van der Waals surface area contributed by atoms with Gasteiger partial charge in [0.05, 0.1) is 6.04 Å². The van der Waals surface area contributed by atoms with Gasteiger partial charge in [0.2, 0.25) is 0 Å². The number of aromatic hydroxyl groups is 1. The van der Waals surface area contributed by atoms with Gasteiger partial charge in [0.1, 0.15) is 5.75 Å². The highest BCUT2D eigenvalue weighted by molar-refractivity contribution is 6.36. The zero-order valence-corrected chi connectivity index (χ0v) is 34.9. The highest BCUT2D eigenvalue weighted by atomic mass is 16.3. The van der Waals surface area contributed by atoms with Gasteiger partial charge < -0.3 is 25.1 Å². The van der Waals surface area contributed by atoms with Gasteiger partial charge in [-0.25, -0.2) is 0 Å². The molecule has 3 aromatic rings. The first-order valence-corrected chi connectivity index (χ1v) is 22.8. The Labute approximate surface area is 349 Å². The summed E-state index contributed by atoms with van der Waals surface area (Å²) in [6.45, 7) is 5.59. The van der Waals surface area contributed by atoms with Gasteiger partial charge in [-0.15, -0.1) is 0 Å². The number of nitrogens with one attached hydrogen (secondary N) is 1. The zero-order chi connectivity index (χ0) is 40.7. The average molecular weight is 802 g/mol. The second-order valence-electron chi connectivity index (χ2n) is 19.4. The summed E-state index contributed by atoms with van der Waals surface area (Å²) in [6.07, 6.45) is 15.0. The summed E-state index contributed by atoms with van der Waals surface area (Å²) < 4.78 is 0. The monoisotopic (exact) mass is 801 g/mol. The molecule has 314 valence electrons. The Morgan fingerprint density at radius 1 is 0.797 bits per heavy atom. The first-order valence-electron chi connectivity index (χ1n) is 22.8. The molecule has 10 rings (SSSR count). The number of rotatable bonds is 15. The van der Waals surface area contributed by atoms with Gasteiger partial charge in [0.25, 0.3) is 0 Å². The van der Waals surface area contributed by atoms with Crippen molar-refractivity contribution in [1.29, 1.82) is 0 Å². The van der Waals surface area contributed by atoms with Crippen LogP contribution in [0, 0.1) is 23.2 Å². The quantitative estimate of drug-likeness (QED) is 0.174. The number of fused-ring (bicyclic) bond motifs is 1. The van der Waals surface area contributed by atoms with Crippen molar-refractivity contribution in [3.63, 3.8) is 0 Å². The van der Waals surface area contributed by atoms with Gasteiger partial charge >= 0.3 is 23.6 Å². The third-order valence-corrected chi connectivity index (χ3v) is 15.4. The SMILES string of the molecule is CCCC[C@H]1CN([C@@H](Cc2ccc(O)cc2)CN2CCC[C@H]2CN2C(=O)C(=O)NC[C@H]2Cc2ccc3ccccc3c2)C(=O)C(=O)N1CCC12CC3CC(CC(C3)C1)C2. The lowest BCUT2D eigenvalue weighted by atomic mass is 9.49. The van der Waals surface area contributed by atoms with E-state index in [-0.39, 0.29) is 35.8 Å². The van der Waals surface area contributed by atoms with Crippen LogP contribution in [0.4, 0.5) is 0 Å². The number of hydrogen-bond acceptors (Lipinski definition) is 6. The molecule has 10 nitrogen and oxygen atoms in total. The molecule has 2 N–H and O–H groups in total. The number of nitrogens with zero attached hydrogens (tertiary/aromatic N) is 4. The zero-order valence-electron chi connectivity index (χ0n) is 34.9. The van der Waals surface area contributed by atoms with Crippen LogP contribution < -0.4 is 5.32 Å². The van der Waals surface area contributed by atoms with Crippen molar-refractivity contribution in [3.8, 4) is 5.75 Å². The Hall–Kier alpha value is -4.44. The molecule has 4 saturated carbocycles. The summed E-state index contributed by atoms with van der Waals surface area (Å²) in [4.78, 5) is 63.4. The standard InChI is InChI=1S/C49H63N5O5/c1-2-3-9-41-32-54(48(59)47(58)52(41)19-17-49-26-35-20-36(27-49)22-37(21-35)28-49)43(24-33-12-15-44(55)16-13-33)30-51-18-6-10-40(51)31-53-42(29-50-45(56)46(53)57)25-34-11-14-38-7-4-5-8-39(38)23-34/h4-5,7-8,11-16,23,35-37,40-43,55H,2-3,6,9-10,17-22,24-32H2,1H3,(H,50,56)/t35?,36?,37?,40-,41-,42+,43-,49?/m0/s1. The molecule has 3 saturated heterocycles. The van der Waals surface area contributed by atoms with Gasteiger partial charge in [-0.2, -0.15) is 0 Å². The van der Waals surface area contributed by atoms with Crippen LogP contribution in [0.1, 0.15) is 95.1 Å². The molecule has 0 aromatic heterocycles. The molecule has 3 aliphatic heterocycles. The lowest BCUT2D eigenvalue weighted by Gasteiger charge is -2.57. The fraction of sp³-hybridized carbons (Fsp3) is 0.592. The van der Waals surface area contributed by atoms with Crippen LogP contribution in [0.2, 0.25) is 0 Å². The largest absolute Gasteiger partial charge is 0.508 e. The van der Waals surface area contributed by atoms with E-state index in [2.05, 4.69) is 47.5 Å². The summed E-state index contributed by atoms with van der Waals surface area (Å²) in [6, 6.07) is 21.4. The number of carbonyl (C=O) groups excluding carboxylic acids is 4. The highest BCUT2D eigenvalue weighted by Crippen LogP contribution is 2.61. The van der Waals surface area contributed by atoms with Crippen molar-refractivity contribution in [2.45, 2.75) is 121 Å². The first-order chi connectivity index (χ1) is 28.6. The minimum absolute atomic E-state index is 0.00883. The van der Waals surface area contributed by atoms with Crippen LogP contribution in [-0.4, -0.2) is 112 Å². The van der Waals surface area contributed by atoms with Crippen molar-refractivity contribution in [3.05, 3.63) is 77.9 Å². The minimum atomic E-state index is -0.558. The van der Waals surface area contributed by atoms with Crippen molar-refractivity contribution < 1.29 is 24.3 Å². The van der Waals surface area contributed by atoms with Crippen LogP contribution >= 0.6 is 0 Å². The Kier molecular flexibility index (Phi) is 11.5. The molecule has 0 unspecified atom stereocenters. The molecule has 7 aliphatic rings.